The molecule has 1 aromatic carbocycles. The standard InChI is InChI=1S/C14H20Cl2N2O/c1-14(2,9-18(3)4)8-17-13(19)10-6-5-7-11(15)12(10)16/h5-7H,8-9H2,1-4H3,(H,17,19). The van der Waals surface area contributed by atoms with E-state index in [1.54, 1.807) is 18.2 Å². The second-order valence-corrected chi connectivity index (χ2v) is 6.47. The van der Waals surface area contributed by atoms with Crippen LogP contribution >= 0.6 is 23.2 Å². The van der Waals surface area contributed by atoms with Crippen LogP contribution in [0.25, 0.3) is 0 Å². The number of hydrogen-bond acceptors (Lipinski definition) is 2. The molecule has 0 saturated heterocycles. The zero-order valence-electron chi connectivity index (χ0n) is 11.8. The molecule has 5 heteroatoms. The predicted molar refractivity (Wildman–Crippen MR) is 81.1 cm³/mol. The number of halogens is 2. The first-order valence-corrected chi connectivity index (χ1v) is 6.85. The van der Waals surface area contributed by atoms with E-state index in [9.17, 15) is 4.79 Å². The molecule has 0 atom stereocenters. The number of nitrogens with one attached hydrogen (secondary N) is 1. The largest absolute Gasteiger partial charge is 0.351 e. The highest BCUT2D eigenvalue weighted by Crippen LogP contribution is 2.25. The van der Waals surface area contributed by atoms with E-state index in [-0.39, 0.29) is 11.3 Å². The van der Waals surface area contributed by atoms with E-state index in [2.05, 4.69) is 24.1 Å². The highest BCUT2D eigenvalue weighted by atomic mass is 35.5. The van der Waals surface area contributed by atoms with Gasteiger partial charge in [0.05, 0.1) is 15.6 Å². The van der Waals surface area contributed by atoms with E-state index in [4.69, 9.17) is 23.2 Å². The lowest BCUT2D eigenvalue weighted by molar-refractivity contribution is 0.0929. The van der Waals surface area contributed by atoms with E-state index in [1.165, 1.54) is 0 Å². The fraction of sp³-hybridized carbons (Fsp3) is 0.500. The summed E-state index contributed by atoms with van der Waals surface area (Å²) in [4.78, 5) is 14.2. The second kappa shape index (κ2) is 6.60. The zero-order valence-corrected chi connectivity index (χ0v) is 13.3. The molecule has 19 heavy (non-hydrogen) atoms. The Morgan fingerprint density at radius 2 is 1.95 bits per heavy atom. The van der Waals surface area contributed by atoms with Crippen molar-refractivity contribution < 1.29 is 4.79 Å². The Balaban J connectivity index is 2.68. The molecule has 0 aromatic heterocycles. The van der Waals surface area contributed by atoms with Crippen LogP contribution in [0.2, 0.25) is 10.0 Å². The Morgan fingerprint density at radius 1 is 1.32 bits per heavy atom. The molecule has 0 bridgehead atoms. The summed E-state index contributed by atoms with van der Waals surface area (Å²) < 4.78 is 0. The molecule has 0 saturated carbocycles. The summed E-state index contributed by atoms with van der Waals surface area (Å²) in [5, 5.41) is 3.59. The van der Waals surface area contributed by atoms with Gasteiger partial charge in [-0.15, -0.1) is 0 Å². The van der Waals surface area contributed by atoms with Crippen LogP contribution < -0.4 is 5.32 Å². The number of rotatable bonds is 5. The maximum Gasteiger partial charge on any atom is 0.252 e. The molecule has 0 unspecified atom stereocenters. The van der Waals surface area contributed by atoms with Crippen molar-refractivity contribution in [1.82, 2.24) is 10.2 Å². The van der Waals surface area contributed by atoms with Crippen molar-refractivity contribution in [3.63, 3.8) is 0 Å². The van der Waals surface area contributed by atoms with Crippen LogP contribution in [0, 0.1) is 5.41 Å². The van der Waals surface area contributed by atoms with Gasteiger partial charge in [-0.1, -0.05) is 43.1 Å². The molecule has 0 spiro atoms. The van der Waals surface area contributed by atoms with Crippen LogP contribution in [0.3, 0.4) is 0 Å². The van der Waals surface area contributed by atoms with Gasteiger partial charge in [-0.2, -0.15) is 0 Å². The summed E-state index contributed by atoms with van der Waals surface area (Å²) >= 11 is 11.9. The third kappa shape index (κ3) is 5.01. The average molecular weight is 303 g/mol. The van der Waals surface area contributed by atoms with E-state index >= 15 is 0 Å². The molecule has 0 aliphatic rings. The molecule has 0 heterocycles. The summed E-state index contributed by atoms with van der Waals surface area (Å²) in [5.74, 6) is -0.195. The number of carbonyl (C=O) groups is 1. The highest BCUT2D eigenvalue weighted by molar-refractivity contribution is 6.43. The summed E-state index contributed by atoms with van der Waals surface area (Å²) in [6, 6.07) is 5.05. The number of nitrogens with zero attached hydrogens (tertiary/aromatic N) is 1. The Bertz CT molecular complexity index is 459. The molecule has 3 nitrogen and oxygen atoms in total. The second-order valence-electron chi connectivity index (χ2n) is 5.69. The van der Waals surface area contributed by atoms with Crippen LogP contribution in [-0.4, -0.2) is 38.0 Å². The lowest BCUT2D eigenvalue weighted by Crippen LogP contribution is -2.40. The molecule has 1 rings (SSSR count). The number of hydrogen-bond donors (Lipinski definition) is 1. The van der Waals surface area contributed by atoms with Crippen molar-refractivity contribution in [1.29, 1.82) is 0 Å². The quantitative estimate of drug-likeness (QED) is 0.905. The van der Waals surface area contributed by atoms with E-state index in [0.717, 1.165) is 6.54 Å². The lowest BCUT2D eigenvalue weighted by atomic mass is 9.93. The minimum absolute atomic E-state index is 0.00971. The fourth-order valence-corrected chi connectivity index (χ4v) is 2.39. The van der Waals surface area contributed by atoms with Gasteiger partial charge >= 0.3 is 0 Å². The Kier molecular flexibility index (Phi) is 5.65. The normalized spacial score (nSPS) is 11.7. The maximum absolute atomic E-state index is 12.1. The monoisotopic (exact) mass is 302 g/mol. The average Bonchev–Trinajstić information content (AvgIpc) is 2.28. The van der Waals surface area contributed by atoms with Crippen molar-refractivity contribution in [2.75, 3.05) is 27.2 Å². The van der Waals surface area contributed by atoms with E-state index in [0.29, 0.717) is 22.2 Å². The predicted octanol–water partition coefficient (Wildman–Crippen LogP) is 3.31. The molecule has 0 fully saturated rings. The van der Waals surface area contributed by atoms with Gasteiger partial charge in [-0.05, 0) is 31.6 Å². The molecule has 0 aliphatic carbocycles. The van der Waals surface area contributed by atoms with E-state index in [1.807, 2.05) is 14.1 Å². The third-order valence-corrected chi connectivity index (χ3v) is 3.49. The van der Waals surface area contributed by atoms with Gasteiger partial charge < -0.3 is 10.2 Å². The number of amides is 1. The molecule has 0 radical (unpaired) electrons. The minimum atomic E-state index is -0.195. The molecule has 0 aliphatic heterocycles. The van der Waals surface area contributed by atoms with Crippen molar-refractivity contribution in [3.05, 3.63) is 33.8 Å². The van der Waals surface area contributed by atoms with Gasteiger partial charge in [-0.3, -0.25) is 4.79 Å². The summed E-state index contributed by atoms with van der Waals surface area (Å²) in [6.07, 6.45) is 0. The molecular weight excluding hydrogens is 283 g/mol. The van der Waals surface area contributed by atoms with Gasteiger partial charge in [-0.25, -0.2) is 0 Å². The SMILES string of the molecule is CN(C)CC(C)(C)CNC(=O)c1cccc(Cl)c1Cl. The maximum atomic E-state index is 12.1. The van der Waals surface area contributed by atoms with Gasteiger partial charge in [0.1, 0.15) is 0 Å². The smallest absolute Gasteiger partial charge is 0.252 e. The van der Waals surface area contributed by atoms with Gasteiger partial charge in [0, 0.05) is 13.1 Å². The first-order chi connectivity index (χ1) is 8.73. The zero-order chi connectivity index (χ0) is 14.6. The molecule has 1 aromatic rings. The van der Waals surface area contributed by atoms with Gasteiger partial charge in [0.15, 0.2) is 0 Å². The Labute approximate surface area is 124 Å². The summed E-state index contributed by atoms with van der Waals surface area (Å²) in [7, 11) is 4.02. The van der Waals surface area contributed by atoms with Gasteiger partial charge in [0.2, 0.25) is 0 Å². The molecular formula is C14H20Cl2N2O. The fourth-order valence-electron chi connectivity index (χ4n) is 2.01. The topological polar surface area (TPSA) is 32.3 Å². The van der Waals surface area contributed by atoms with Crippen LogP contribution in [-0.2, 0) is 0 Å². The van der Waals surface area contributed by atoms with E-state index < -0.39 is 0 Å². The molecule has 1 N–H and O–H groups in total. The van der Waals surface area contributed by atoms with Crippen LogP contribution in [0.15, 0.2) is 18.2 Å². The number of carbonyl (C=O) groups excluding carboxylic acids is 1. The van der Waals surface area contributed by atoms with Crippen molar-refractivity contribution in [2.24, 2.45) is 5.41 Å². The lowest BCUT2D eigenvalue weighted by Gasteiger charge is -2.28. The first-order valence-electron chi connectivity index (χ1n) is 6.10. The van der Waals surface area contributed by atoms with Gasteiger partial charge in [0.25, 0.3) is 5.91 Å². The van der Waals surface area contributed by atoms with Crippen LogP contribution in [0.1, 0.15) is 24.2 Å². The highest BCUT2D eigenvalue weighted by Gasteiger charge is 2.21. The Hall–Kier alpha value is -0.770. The molecule has 106 valence electrons. The van der Waals surface area contributed by atoms with Crippen molar-refractivity contribution >= 4 is 29.1 Å². The number of benzene rings is 1. The van der Waals surface area contributed by atoms with Crippen molar-refractivity contribution in [2.45, 2.75) is 13.8 Å². The Morgan fingerprint density at radius 3 is 2.53 bits per heavy atom. The van der Waals surface area contributed by atoms with Crippen molar-refractivity contribution in [3.8, 4) is 0 Å². The minimum Gasteiger partial charge on any atom is -0.351 e. The van der Waals surface area contributed by atoms with Crippen LogP contribution in [0.5, 0.6) is 0 Å². The first kappa shape index (κ1) is 16.3. The third-order valence-electron chi connectivity index (χ3n) is 2.67. The van der Waals surface area contributed by atoms with Crippen LogP contribution in [0.4, 0.5) is 0 Å². The summed E-state index contributed by atoms with van der Waals surface area (Å²) in [5.41, 5.74) is 0.402. The molecule has 1 amide bonds. The summed E-state index contributed by atoms with van der Waals surface area (Å²) in [6.45, 7) is 5.67.